The molecule has 0 aliphatic rings. The molecule has 0 aliphatic carbocycles. The largest absolute Gasteiger partial charge is 0.387 e. The molecule has 0 saturated carbocycles. The van der Waals surface area contributed by atoms with Crippen molar-refractivity contribution in [3.05, 3.63) is 52.0 Å². The average molecular weight is 315 g/mol. The maximum Gasteiger partial charge on any atom is 0.241 e. The minimum Gasteiger partial charge on any atom is -0.387 e. The first-order valence-corrected chi connectivity index (χ1v) is 8.29. The Bertz CT molecular complexity index is 684. The van der Waals surface area contributed by atoms with Gasteiger partial charge in [-0.1, -0.05) is 6.07 Å². The van der Waals surface area contributed by atoms with Gasteiger partial charge in [0, 0.05) is 12.1 Å². The fourth-order valence-electron chi connectivity index (χ4n) is 1.73. The van der Waals surface area contributed by atoms with Crippen molar-refractivity contribution in [2.75, 3.05) is 6.54 Å². The van der Waals surface area contributed by atoms with Crippen molar-refractivity contribution in [2.24, 2.45) is 0 Å². The van der Waals surface area contributed by atoms with Crippen molar-refractivity contribution in [2.45, 2.75) is 17.9 Å². The van der Waals surface area contributed by atoms with Crippen LogP contribution in [-0.4, -0.2) is 20.1 Å². The summed E-state index contributed by atoms with van der Waals surface area (Å²) in [4.78, 5) is -0.116. The van der Waals surface area contributed by atoms with Crippen LogP contribution in [0.1, 0.15) is 17.2 Å². The summed E-state index contributed by atoms with van der Waals surface area (Å²) in [6.45, 7) is 1.24. The van der Waals surface area contributed by atoms with Crippen LogP contribution < -0.4 is 4.72 Å². The Balaban J connectivity index is 2.14. The highest BCUT2D eigenvalue weighted by Gasteiger charge is 2.20. The molecule has 0 saturated heterocycles. The quantitative estimate of drug-likeness (QED) is 0.889. The molecule has 1 aromatic heterocycles. The van der Waals surface area contributed by atoms with E-state index in [0.29, 0.717) is 5.56 Å². The number of nitrogens with one attached hydrogen (secondary N) is 1. The number of hydrogen-bond donors (Lipinski definition) is 2. The Hall–Kier alpha value is -1.28. The van der Waals surface area contributed by atoms with Crippen LogP contribution in [-0.2, 0) is 10.0 Å². The normalized spacial score (nSPS) is 13.3. The van der Waals surface area contributed by atoms with Gasteiger partial charge in [-0.15, -0.1) is 0 Å². The second kappa shape index (κ2) is 6.01. The Kier molecular flexibility index (Phi) is 4.54. The van der Waals surface area contributed by atoms with E-state index in [2.05, 4.69) is 4.72 Å². The first-order valence-electron chi connectivity index (χ1n) is 5.87. The zero-order chi connectivity index (χ0) is 14.8. The maximum absolute atomic E-state index is 13.4. The second-order valence-corrected chi connectivity index (χ2v) is 6.80. The summed E-state index contributed by atoms with van der Waals surface area (Å²) in [6.07, 6.45) is -0.926. The van der Waals surface area contributed by atoms with Crippen molar-refractivity contribution < 1.29 is 17.9 Å². The molecular weight excluding hydrogens is 301 g/mol. The summed E-state index contributed by atoms with van der Waals surface area (Å²) in [5, 5.41) is 13.4. The molecule has 20 heavy (non-hydrogen) atoms. The summed E-state index contributed by atoms with van der Waals surface area (Å²) in [7, 11) is -3.85. The van der Waals surface area contributed by atoms with Gasteiger partial charge in [0.15, 0.2) is 0 Å². The summed E-state index contributed by atoms with van der Waals surface area (Å²) >= 11 is 1.42. The molecule has 0 unspecified atom stereocenters. The topological polar surface area (TPSA) is 66.4 Å². The zero-order valence-corrected chi connectivity index (χ0v) is 12.3. The van der Waals surface area contributed by atoms with E-state index in [1.54, 1.807) is 16.8 Å². The minimum absolute atomic E-state index is 0.0602. The van der Waals surface area contributed by atoms with E-state index in [1.165, 1.54) is 36.5 Å². The second-order valence-electron chi connectivity index (χ2n) is 4.29. The third-order valence-corrected chi connectivity index (χ3v) is 5.17. The number of aliphatic hydroxyl groups excluding tert-OH is 1. The van der Waals surface area contributed by atoms with Crippen LogP contribution in [0, 0.1) is 12.7 Å². The van der Waals surface area contributed by atoms with Crippen molar-refractivity contribution in [1.82, 2.24) is 4.72 Å². The highest BCUT2D eigenvalue weighted by Crippen LogP contribution is 2.19. The molecule has 108 valence electrons. The molecule has 1 heterocycles. The van der Waals surface area contributed by atoms with Gasteiger partial charge in [0.2, 0.25) is 10.0 Å². The number of rotatable bonds is 5. The van der Waals surface area contributed by atoms with E-state index in [4.69, 9.17) is 0 Å². The molecule has 2 rings (SSSR count). The Morgan fingerprint density at radius 1 is 1.40 bits per heavy atom. The van der Waals surface area contributed by atoms with Gasteiger partial charge in [0.1, 0.15) is 5.82 Å². The standard InChI is InChI=1S/C13H14FNO3S2/c1-9-11(14)3-2-4-13(9)20(17,18)15-7-12(16)10-5-6-19-8-10/h2-6,8,12,15-16H,7H2,1H3/t12-/m1/s1. The highest BCUT2D eigenvalue weighted by atomic mass is 32.2. The van der Waals surface area contributed by atoms with Crippen LogP contribution in [0.25, 0.3) is 0 Å². The molecular formula is C13H14FNO3S2. The van der Waals surface area contributed by atoms with E-state index in [0.717, 1.165) is 0 Å². The van der Waals surface area contributed by atoms with Gasteiger partial charge in [0.05, 0.1) is 11.0 Å². The lowest BCUT2D eigenvalue weighted by molar-refractivity contribution is 0.182. The summed E-state index contributed by atoms with van der Waals surface area (Å²) in [5.41, 5.74) is 0.707. The molecule has 1 aromatic carbocycles. The van der Waals surface area contributed by atoms with Gasteiger partial charge in [0.25, 0.3) is 0 Å². The van der Waals surface area contributed by atoms with Crippen molar-refractivity contribution in [3.63, 3.8) is 0 Å². The molecule has 0 amide bonds. The molecule has 7 heteroatoms. The van der Waals surface area contributed by atoms with Gasteiger partial charge in [-0.3, -0.25) is 0 Å². The van der Waals surface area contributed by atoms with E-state index >= 15 is 0 Å². The predicted octanol–water partition coefficient (Wildman–Crippen LogP) is 2.21. The first kappa shape index (κ1) is 15.1. The van der Waals surface area contributed by atoms with Crippen LogP contribution in [0.15, 0.2) is 39.9 Å². The lowest BCUT2D eigenvalue weighted by Gasteiger charge is -2.12. The SMILES string of the molecule is Cc1c(F)cccc1S(=O)(=O)NC[C@@H](O)c1ccsc1. The van der Waals surface area contributed by atoms with Crippen molar-refractivity contribution >= 4 is 21.4 Å². The van der Waals surface area contributed by atoms with E-state index in [9.17, 15) is 17.9 Å². The minimum atomic E-state index is -3.85. The molecule has 0 bridgehead atoms. The molecule has 2 N–H and O–H groups in total. The van der Waals surface area contributed by atoms with Crippen LogP contribution in [0.4, 0.5) is 4.39 Å². The smallest absolute Gasteiger partial charge is 0.241 e. The number of aliphatic hydroxyl groups is 1. The predicted molar refractivity (Wildman–Crippen MR) is 75.6 cm³/mol. The maximum atomic E-state index is 13.4. The molecule has 1 atom stereocenters. The van der Waals surface area contributed by atoms with Crippen LogP contribution >= 0.6 is 11.3 Å². The fourth-order valence-corrected chi connectivity index (χ4v) is 3.73. The van der Waals surface area contributed by atoms with Crippen molar-refractivity contribution in [1.29, 1.82) is 0 Å². The Morgan fingerprint density at radius 3 is 2.80 bits per heavy atom. The molecule has 4 nitrogen and oxygen atoms in total. The lowest BCUT2D eigenvalue weighted by Crippen LogP contribution is -2.29. The number of hydrogen-bond acceptors (Lipinski definition) is 4. The molecule has 2 aromatic rings. The van der Waals surface area contributed by atoms with Gasteiger partial charge < -0.3 is 5.11 Å². The third-order valence-electron chi connectivity index (χ3n) is 2.90. The van der Waals surface area contributed by atoms with Gasteiger partial charge in [-0.25, -0.2) is 17.5 Å². The van der Waals surface area contributed by atoms with Crippen LogP contribution in [0.3, 0.4) is 0 Å². The number of halogens is 1. The zero-order valence-electron chi connectivity index (χ0n) is 10.7. The van der Waals surface area contributed by atoms with Gasteiger partial charge in [-0.05, 0) is 41.4 Å². The summed E-state index contributed by atoms with van der Waals surface area (Å²) in [6, 6.07) is 5.59. The van der Waals surface area contributed by atoms with Gasteiger partial charge >= 0.3 is 0 Å². The monoisotopic (exact) mass is 315 g/mol. The third kappa shape index (κ3) is 3.24. The highest BCUT2D eigenvalue weighted by molar-refractivity contribution is 7.89. The Morgan fingerprint density at radius 2 is 2.15 bits per heavy atom. The fraction of sp³-hybridized carbons (Fsp3) is 0.231. The molecule has 0 radical (unpaired) electrons. The number of benzene rings is 1. The number of sulfonamides is 1. The first-order chi connectivity index (χ1) is 9.42. The van der Waals surface area contributed by atoms with E-state index < -0.39 is 21.9 Å². The van der Waals surface area contributed by atoms with E-state index in [-0.39, 0.29) is 17.0 Å². The molecule has 0 fully saturated rings. The van der Waals surface area contributed by atoms with Crippen LogP contribution in [0.2, 0.25) is 0 Å². The summed E-state index contributed by atoms with van der Waals surface area (Å²) < 4.78 is 39.9. The lowest BCUT2D eigenvalue weighted by atomic mass is 10.2. The summed E-state index contributed by atoms with van der Waals surface area (Å²) in [5.74, 6) is -0.578. The van der Waals surface area contributed by atoms with E-state index in [1.807, 2.05) is 0 Å². The molecule has 0 aliphatic heterocycles. The van der Waals surface area contributed by atoms with Crippen LogP contribution in [0.5, 0.6) is 0 Å². The number of thiophene rings is 1. The van der Waals surface area contributed by atoms with Crippen molar-refractivity contribution in [3.8, 4) is 0 Å². The molecule has 0 spiro atoms. The Labute approximate surface area is 120 Å². The van der Waals surface area contributed by atoms with Gasteiger partial charge in [-0.2, -0.15) is 11.3 Å². The average Bonchev–Trinajstić information content (AvgIpc) is 2.93.